The molecule has 3 atom stereocenters. The fourth-order valence-electron chi connectivity index (χ4n) is 1.95. The molecule has 0 aliphatic carbocycles. The molecule has 0 aromatic rings. The Morgan fingerprint density at radius 1 is 1.64 bits per heavy atom. The average molecular weight is 196 g/mol. The monoisotopic (exact) mass is 196 g/mol. The van der Waals surface area contributed by atoms with Gasteiger partial charge in [0, 0.05) is 12.6 Å². The van der Waals surface area contributed by atoms with E-state index in [4.69, 9.17) is 10.4 Å². The van der Waals surface area contributed by atoms with Crippen LogP contribution in [0.2, 0.25) is 0 Å². The number of rotatable bonds is 2. The normalized spacial score (nSPS) is 30.6. The Morgan fingerprint density at radius 2 is 2.29 bits per heavy atom. The van der Waals surface area contributed by atoms with Crippen LogP contribution in [0.25, 0.3) is 0 Å². The summed E-state index contributed by atoms with van der Waals surface area (Å²) in [6, 6.07) is 2.29. The second-order valence-corrected chi connectivity index (χ2v) is 3.96. The van der Waals surface area contributed by atoms with Crippen LogP contribution in [0.1, 0.15) is 26.7 Å². The topological polar surface area (TPSA) is 64.3 Å². The minimum Gasteiger partial charge on any atom is -0.481 e. The minimum atomic E-state index is -0.743. The largest absolute Gasteiger partial charge is 0.481 e. The van der Waals surface area contributed by atoms with Crippen LogP contribution in [-0.2, 0) is 4.79 Å². The van der Waals surface area contributed by atoms with Gasteiger partial charge in [-0.05, 0) is 26.7 Å². The summed E-state index contributed by atoms with van der Waals surface area (Å²) in [6.45, 7) is 4.37. The molecular formula is C10H16N2O2. The van der Waals surface area contributed by atoms with Gasteiger partial charge >= 0.3 is 5.97 Å². The van der Waals surface area contributed by atoms with Crippen LogP contribution in [-0.4, -0.2) is 34.6 Å². The van der Waals surface area contributed by atoms with Crippen molar-refractivity contribution in [2.24, 2.45) is 5.92 Å². The number of piperidine rings is 1. The molecular weight excluding hydrogens is 180 g/mol. The number of aliphatic carboxylic acids is 1. The van der Waals surface area contributed by atoms with Gasteiger partial charge in [-0.2, -0.15) is 5.26 Å². The molecule has 0 aromatic carbocycles. The molecule has 1 N–H and O–H groups in total. The van der Waals surface area contributed by atoms with Crippen LogP contribution in [0.3, 0.4) is 0 Å². The lowest BCUT2D eigenvalue weighted by molar-refractivity contribution is -0.144. The number of carboxylic acids is 1. The number of carbonyl (C=O) groups is 1. The van der Waals surface area contributed by atoms with E-state index < -0.39 is 5.97 Å². The smallest absolute Gasteiger partial charge is 0.307 e. The Morgan fingerprint density at radius 3 is 2.79 bits per heavy atom. The van der Waals surface area contributed by atoms with Crippen molar-refractivity contribution in [2.45, 2.75) is 38.8 Å². The van der Waals surface area contributed by atoms with E-state index in [9.17, 15) is 4.79 Å². The number of carboxylic acid groups (broad SMARTS) is 1. The second-order valence-electron chi connectivity index (χ2n) is 3.96. The lowest BCUT2D eigenvalue weighted by atomic mass is 9.92. The van der Waals surface area contributed by atoms with Crippen molar-refractivity contribution < 1.29 is 9.90 Å². The first-order valence-corrected chi connectivity index (χ1v) is 4.94. The van der Waals surface area contributed by atoms with Crippen LogP contribution >= 0.6 is 0 Å². The molecule has 0 radical (unpaired) electrons. The van der Waals surface area contributed by atoms with Gasteiger partial charge in [0.05, 0.1) is 18.0 Å². The fraction of sp³-hybridized carbons (Fsp3) is 0.800. The number of likely N-dealkylation sites (tertiary alicyclic amines) is 1. The van der Waals surface area contributed by atoms with E-state index in [0.717, 1.165) is 12.8 Å². The Balaban J connectivity index is 2.65. The van der Waals surface area contributed by atoms with Crippen LogP contribution in [0.15, 0.2) is 0 Å². The maximum Gasteiger partial charge on any atom is 0.307 e. The molecule has 1 saturated heterocycles. The third kappa shape index (κ3) is 2.24. The lowest BCUT2D eigenvalue weighted by Crippen LogP contribution is -2.47. The number of hydrogen-bond donors (Lipinski definition) is 1. The summed E-state index contributed by atoms with van der Waals surface area (Å²) in [5, 5.41) is 17.7. The van der Waals surface area contributed by atoms with Crippen LogP contribution in [0.5, 0.6) is 0 Å². The molecule has 0 amide bonds. The van der Waals surface area contributed by atoms with E-state index in [1.165, 1.54) is 0 Å². The minimum absolute atomic E-state index is 0.188. The van der Waals surface area contributed by atoms with Crippen LogP contribution in [0.4, 0.5) is 0 Å². The molecule has 1 aliphatic heterocycles. The van der Waals surface area contributed by atoms with Crippen molar-refractivity contribution >= 4 is 5.97 Å². The van der Waals surface area contributed by atoms with E-state index in [0.29, 0.717) is 12.6 Å². The maximum atomic E-state index is 10.8. The van der Waals surface area contributed by atoms with Crippen molar-refractivity contribution in [3.63, 3.8) is 0 Å². The van der Waals surface area contributed by atoms with Gasteiger partial charge in [-0.1, -0.05) is 0 Å². The Bertz CT molecular complexity index is 259. The van der Waals surface area contributed by atoms with E-state index in [1.54, 1.807) is 0 Å². The molecule has 14 heavy (non-hydrogen) atoms. The van der Waals surface area contributed by atoms with Gasteiger partial charge in [0.1, 0.15) is 0 Å². The first kappa shape index (κ1) is 11.0. The molecule has 1 aliphatic rings. The quantitative estimate of drug-likeness (QED) is 0.717. The van der Waals surface area contributed by atoms with Crippen molar-refractivity contribution in [1.29, 1.82) is 5.26 Å². The van der Waals surface area contributed by atoms with E-state index in [-0.39, 0.29) is 12.0 Å². The highest BCUT2D eigenvalue weighted by Crippen LogP contribution is 2.23. The molecule has 0 aromatic heterocycles. The summed E-state index contributed by atoms with van der Waals surface area (Å²) < 4.78 is 0. The molecule has 1 fully saturated rings. The predicted octanol–water partition coefficient (Wildman–Crippen LogP) is 1.08. The van der Waals surface area contributed by atoms with Gasteiger partial charge in [0.15, 0.2) is 0 Å². The van der Waals surface area contributed by atoms with Crippen molar-refractivity contribution in [1.82, 2.24) is 4.90 Å². The van der Waals surface area contributed by atoms with Gasteiger partial charge in [0.2, 0.25) is 0 Å². The molecule has 4 nitrogen and oxygen atoms in total. The van der Waals surface area contributed by atoms with Crippen molar-refractivity contribution in [2.75, 3.05) is 6.54 Å². The standard InChI is InChI=1S/C10H16N2O2/c1-7-3-4-9(10(13)14)6-12(7)8(2)5-11/h7-9H,3-4,6H2,1-2H3,(H,13,14). The van der Waals surface area contributed by atoms with Crippen LogP contribution in [0, 0.1) is 17.2 Å². The highest BCUT2D eigenvalue weighted by Gasteiger charge is 2.31. The summed E-state index contributed by atoms with van der Waals surface area (Å²) in [4.78, 5) is 12.8. The summed E-state index contributed by atoms with van der Waals surface area (Å²) in [7, 11) is 0. The van der Waals surface area contributed by atoms with Crippen molar-refractivity contribution in [3.8, 4) is 6.07 Å². The zero-order valence-corrected chi connectivity index (χ0v) is 8.60. The predicted molar refractivity (Wildman–Crippen MR) is 51.6 cm³/mol. The van der Waals surface area contributed by atoms with Crippen LogP contribution < -0.4 is 0 Å². The SMILES string of the molecule is CC(C#N)N1CC(C(=O)O)CCC1C. The average Bonchev–Trinajstić information content (AvgIpc) is 2.17. The van der Waals surface area contributed by atoms with E-state index in [1.807, 2.05) is 18.7 Å². The Hall–Kier alpha value is -1.08. The van der Waals surface area contributed by atoms with Crippen molar-refractivity contribution in [3.05, 3.63) is 0 Å². The molecule has 0 spiro atoms. The molecule has 1 rings (SSSR count). The Kier molecular flexibility index (Phi) is 3.48. The first-order chi connectivity index (χ1) is 6.56. The van der Waals surface area contributed by atoms with Gasteiger partial charge in [-0.3, -0.25) is 9.69 Å². The molecule has 0 saturated carbocycles. The zero-order chi connectivity index (χ0) is 10.7. The third-order valence-corrected chi connectivity index (χ3v) is 2.96. The zero-order valence-electron chi connectivity index (χ0n) is 8.60. The first-order valence-electron chi connectivity index (χ1n) is 4.94. The van der Waals surface area contributed by atoms with E-state index in [2.05, 4.69) is 6.07 Å². The Labute approximate surface area is 84.1 Å². The highest BCUT2D eigenvalue weighted by molar-refractivity contribution is 5.70. The summed E-state index contributed by atoms with van der Waals surface area (Å²) >= 11 is 0. The molecule has 3 unspecified atom stereocenters. The molecule has 0 bridgehead atoms. The third-order valence-electron chi connectivity index (χ3n) is 2.96. The lowest BCUT2D eigenvalue weighted by Gasteiger charge is -2.37. The fourth-order valence-corrected chi connectivity index (χ4v) is 1.95. The molecule has 4 heteroatoms. The molecule has 78 valence electrons. The maximum absolute atomic E-state index is 10.8. The number of hydrogen-bond acceptors (Lipinski definition) is 3. The highest BCUT2D eigenvalue weighted by atomic mass is 16.4. The van der Waals surface area contributed by atoms with Gasteiger partial charge in [-0.15, -0.1) is 0 Å². The van der Waals surface area contributed by atoms with Gasteiger partial charge in [0.25, 0.3) is 0 Å². The number of nitriles is 1. The summed E-state index contributed by atoms with van der Waals surface area (Å²) in [6.07, 6.45) is 1.59. The molecule has 1 heterocycles. The van der Waals surface area contributed by atoms with E-state index >= 15 is 0 Å². The van der Waals surface area contributed by atoms with Gasteiger partial charge < -0.3 is 5.11 Å². The van der Waals surface area contributed by atoms with Gasteiger partial charge in [-0.25, -0.2) is 0 Å². The second kappa shape index (κ2) is 4.43. The number of nitrogens with zero attached hydrogens (tertiary/aromatic N) is 2. The summed E-state index contributed by atoms with van der Waals surface area (Å²) in [5.41, 5.74) is 0. The summed E-state index contributed by atoms with van der Waals surface area (Å²) in [5.74, 6) is -1.05.